The topological polar surface area (TPSA) is 92.9 Å². The van der Waals surface area contributed by atoms with Crippen molar-refractivity contribution in [2.75, 3.05) is 5.32 Å². The Morgan fingerprint density at radius 3 is 2.56 bits per heavy atom. The van der Waals surface area contributed by atoms with Gasteiger partial charge in [0.1, 0.15) is 11.3 Å². The van der Waals surface area contributed by atoms with Gasteiger partial charge in [-0.1, -0.05) is 56.7 Å². The van der Waals surface area contributed by atoms with Crippen molar-refractivity contribution < 1.29 is 4.79 Å². The maximum absolute atomic E-state index is 13.4. The van der Waals surface area contributed by atoms with E-state index in [1.165, 1.54) is 12.0 Å². The van der Waals surface area contributed by atoms with Crippen LogP contribution in [0.5, 0.6) is 0 Å². The number of benzene rings is 1. The molecule has 0 aliphatic carbocycles. The standard InChI is InChI=1S/C30H31N7O.C3H8/c1-18(2)9-7-10-19(3)17-37-25-12-8-11-24(29(25)22(6)35-37)32-30(38)26-16-31-27-15-23(13-14-36(26)27)28-20(4)33-34-21(28)5;1-3-2/h7-16H,3,17H2,1-2,4-6H3,(H,32,38)(H,33,34);3H2,1-2H3/b10-7-;. The number of pyridine rings is 1. The van der Waals surface area contributed by atoms with Gasteiger partial charge in [-0.3, -0.25) is 19.0 Å². The Labute approximate surface area is 241 Å². The number of aromatic nitrogens is 6. The van der Waals surface area contributed by atoms with Crippen molar-refractivity contribution in [1.29, 1.82) is 0 Å². The van der Waals surface area contributed by atoms with Gasteiger partial charge in [0.05, 0.1) is 35.3 Å². The molecule has 0 bridgehead atoms. The minimum Gasteiger partial charge on any atom is -0.320 e. The molecule has 0 atom stereocenters. The summed E-state index contributed by atoms with van der Waals surface area (Å²) in [5.74, 6) is -0.241. The first kappa shape index (κ1) is 29.3. The number of fused-ring (bicyclic) bond motifs is 2. The van der Waals surface area contributed by atoms with Crippen LogP contribution in [0.3, 0.4) is 0 Å². The van der Waals surface area contributed by atoms with Gasteiger partial charge < -0.3 is 5.32 Å². The zero-order valence-electron chi connectivity index (χ0n) is 25.0. The first-order chi connectivity index (χ1) is 19.6. The van der Waals surface area contributed by atoms with Crippen LogP contribution in [0, 0.1) is 20.8 Å². The summed E-state index contributed by atoms with van der Waals surface area (Å²) in [6, 6.07) is 9.77. The van der Waals surface area contributed by atoms with E-state index in [1.807, 2.05) is 80.2 Å². The zero-order valence-corrected chi connectivity index (χ0v) is 25.0. The third kappa shape index (κ3) is 6.38. The number of nitrogens with one attached hydrogen (secondary N) is 2. The number of hydrogen-bond donors (Lipinski definition) is 2. The second kappa shape index (κ2) is 12.6. The van der Waals surface area contributed by atoms with Crippen molar-refractivity contribution in [3.63, 3.8) is 0 Å². The Morgan fingerprint density at radius 1 is 1.12 bits per heavy atom. The zero-order chi connectivity index (χ0) is 29.7. The van der Waals surface area contributed by atoms with Crippen LogP contribution < -0.4 is 5.32 Å². The number of hydrogen-bond acceptors (Lipinski definition) is 4. The minimum absolute atomic E-state index is 0.241. The normalized spacial score (nSPS) is 11.1. The average Bonchev–Trinajstić information content (AvgIpc) is 3.59. The molecule has 41 heavy (non-hydrogen) atoms. The quantitative estimate of drug-likeness (QED) is 0.203. The lowest BCUT2D eigenvalue weighted by atomic mass is 10.1. The Morgan fingerprint density at radius 2 is 1.88 bits per heavy atom. The first-order valence-corrected chi connectivity index (χ1v) is 13.9. The Kier molecular flexibility index (Phi) is 9.02. The van der Waals surface area contributed by atoms with E-state index in [0.29, 0.717) is 23.6 Å². The van der Waals surface area contributed by atoms with Gasteiger partial charge in [-0.2, -0.15) is 10.2 Å². The van der Waals surface area contributed by atoms with Crippen molar-refractivity contribution in [2.45, 2.75) is 61.4 Å². The highest BCUT2D eigenvalue weighted by atomic mass is 16.2. The van der Waals surface area contributed by atoms with Crippen molar-refractivity contribution in [1.82, 2.24) is 29.4 Å². The molecule has 4 heterocycles. The Bertz CT molecular complexity index is 1750. The second-order valence-electron chi connectivity index (χ2n) is 10.5. The highest BCUT2D eigenvalue weighted by Gasteiger charge is 2.18. The molecule has 5 rings (SSSR count). The number of nitrogens with zero attached hydrogens (tertiary/aromatic N) is 5. The van der Waals surface area contributed by atoms with Crippen molar-refractivity contribution in [3.05, 3.63) is 101 Å². The number of aryl methyl sites for hydroxylation is 3. The summed E-state index contributed by atoms with van der Waals surface area (Å²) in [6.45, 7) is 19.0. The molecule has 0 aliphatic rings. The fraction of sp³-hybridized carbons (Fsp3) is 0.273. The molecule has 0 aliphatic heterocycles. The number of imidazole rings is 1. The lowest BCUT2D eigenvalue weighted by Gasteiger charge is -2.09. The molecule has 5 aromatic rings. The maximum atomic E-state index is 13.4. The highest BCUT2D eigenvalue weighted by molar-refractivity contribution is 6.08. The largest absolute Gasteiger partial charge is 0.320 e. The summed E-state index contributed by atoms with van der Waals surface area (Å²) in [5, 5.41) is 16.0. The molecule has 2 N–H and O–H groups in total. The SMILES string of the molecule is C=C(/C=C\C=C(C)C)Cn1nc(C)c2c(NC(=O)c3cnc4cc(-c5c(C)n[nH]c5C)ccn34)cccc21.CCC. The molecule has 0 saturated carbocycles. The number of H-pyrrole nitrogens is 1. The minimum atomic E-state index is -0.241. The summed E-state index contributed by atoms with van der Waals surface area (Å²) in [6.07, 6.45) is 10.8. The molecular formula is C33H39N7O. The molecular weight excluding hydrogens is 510 g/mol. The van der Waals surface area contributed by atoms with Gasteiger partial charge in [-0.05, 0) is 70.0 Å². The van der Waals surface area contributed by atoms with Crippen LogP contribution in [0.25, 0.3) is 27.7 Å². The summed E-state index contributed by atoms with van der Waals surface area (Å²) < 4.78 is 3.72. The molecule has 1 amide bonds. The van der Waals surface area contributed by atoms with E-state index in [1.54, 1.807) is 10.6 Å². The fourth-order valence-corrected chi connectivity index (χ4v) is 4.73. The van der Waals surface area contributed by atoms with E-state index in [4.69, 9.17) is 5.10 Å². The third-order valence-electron chi connectivity index (χ3n) is 6.48. The van der Waals surface area contributed by atoms with Crippen LogP contribution in [-0.2, 0) is 6.54 Å². The number of carbonyl (C=O) groups excluding carboxylic acids is 1. The number of allylic oxidation sites excluding steroid dienone is 5. The van der Waals surface area contributed by atoms with E-state index in [0.717, 1.165) is 44.7 Å². The number of rotatable bonds is 7. The first-order valence-electron chi connectivity index (χ1n) is 13.9. The summed E-state index contributed by atoms with van der Waals surface area (Å²) in [7, 11) is 0. The Hall–Kier alpha value is -4.72. The van der Waals surface area contributed by atoms with Crippen LogP contribution >= 0.6 is 0 Å². The van der Waals surface area contributed by atoms with Gasteiger partial charge in [0.15, 0.2) is 0 Å². The monoisotopic (exact) mass is 549 g/mol. The van der Waals surface area contributed by atoms with Crippen molar-refractivity contribution in [3.8, 4) is 11.1 Å². The molecule has 1 aromatic carbocycles. The predicted molar refractivity (Wildman–Crippen MR) is 168 cm³/mol. The number of anilines is 1. The molecule has 212 valence electrons. The molecule has 0 saturated heterocycles. The second-order valence-corrected chi connectivity index (χ2v) is 10.5. The molecule has 0 fully saturated rings. The van der Waals surface area contributed by atoms with Gasteiger partial charge in [0.25, 0.3) is 5.91 Å². The highest BCUT2D eigenvalue weighted by Crippen LogP contribution is 2.29. The molecule has 0 unspecified atom stereocenters. The smallest absolute Gasteiger partial charge is 0.274 e. The summed E-state index contributed by atoms with van der Waals surface area (Å²) in [5.41, 5.74) is 9.76. The molecule has 0 spiro atoms. The predicted octanol–water partition coefficient (Wildman–Crippen LogP) is 7.75. The molecule has 8 heteroatoms. The maximum Gasteiger partial charge on any atom is 0.274 e. The van der Waals surface area contributed by atoms with Gasteiger partial charge >= 0.3 is 0 Å². The van der Waals surface area contributed by atoms with E-state index < -0.39 is 0 Å². The lowest BCUT2D eigenvalue weighted by Crippen LogP contribution is -2.14. The number of aromatic amines is 1. The van der Waals surface area contributed by atoms with Crippen LogP contribution in [0.2, 0.25) is 0 Å². The van der Waals surface area contributed by atoms with E-state index in [-0.39, 0.29) is 5.91 Å². The van der Waals surface area contributed by atoms with E-state index >= 15 is 0 Å². The molecule has 0 radical (unpaired) electrons. The van der Waals surface area contributed by atoms with Gasteiger partial charge in [-0.25, -0.2) is 4.98 Å². The lowest BCUT2D eigenvalue weighted by molar-refractivity contribution is 0.102. The molecule has 4 aromatic heterocycles. The Balaban J connectivity index is 0.00000124. The van der Waals surface area contributed by atoms with Gasteiger partial charge in [-0.15, -0.1) is 0 Å². The number of carbonyl (C=O) groups is 1. The third-order valence-corrected chi connectivity index (χ3v) is 6.48. The van der Waals surface area contributed by atoms with Crippen LogP contribution in [0.15, 0.2) is 78.7 Å². The van der Waals surface area contributed by atoms with Crippen LogP contribution in [0.1, 0.15) is 61.7 Å². The van der Waals surface area contributed by atoms with Crippen LogP contribution in [-0.4, -0.2) is 35.3 Å². The molecule has 8 nitrogen and oxygen atoms in total. The number of amides is 1. The summed E-state index contributed by atoms with van der Waals surface area (Å²) >= 11 is 0. The fourth-order valence-electron chi connectivity index (χ4n) is 4.73. The summed E-state index contributed by atoms with van der Waals surface area (Å²) in [4.78, 5) is 17.9. The van der Waals surface area contributed by atoms with Crippen LogP contribution in [0.4, 0.5) is 5.69 Å². The average molecular weight is 550 g/mol. The van der Waals surface area contributed by atoms with Gasteiger partial charge in [0.2, 0.25) is 0 Å². The van der Waals surface area contributed by atoms with Crippen molar-refractivity contribution in [2.24, 2.45) is 0 Å². The van der Waals surface area contributed by atoms with Gasteiger partial charge in [0, 0.05) is 22.8 Å². The van der Waals surface area contributed by atoms with Crippen molar-refractivity contribution >= 4 is 28.1 Å². The van der Waals surface area contributed by atoms with E-state index in [2.05, 4.69) is 54.8 Å². The van der Waals surface area contributed by atoms with E-state index in [9.17, 15) is 4.79 Å².